The first-order chi connectivity index (χ1) is 11.1. The second kappa shape index (κ2) is 8.81. The summed E-state index contributed by atoms with van der Waals surface area (Å²) in [5, 5.41) is 8.97. The molecule has 1 aromatic carbocycles. The molecular weight excluding hydrogens is 303 g/mol. The van der Waals surface area contributed by atoms with Crippen LogP contribution < -0.4 is 4.74 Å². The van der Waals surface area contributed by atoms with Crippen molar-refractivity contribution in [3.8, 4) is 5.75 Å². The Morgan fingerprint density at radius 3 is 2.91 bits per heavy atom. The number of hydrogen-bond acceptors (Lipinski definition) is 5. The number of benzene rings is 1. The molecule has 0 spiro atoms. The van der Waals surface area contributed by atoms with Crippen molar-refractivity contribution in [1.29, 1.82) is 0 Å². The van der Waals surface area contributed by atoms with Crippen LogP contribution in [0.2, 0.25) is 0 Å². The van der Waals surface area contributed by atoms with Gasteiger partial charge in [-0.05, 0) is 31.3 Å². The predicted molar refractivity (Wildman–Crippen MR) is 82.8 cm³/mol. The van der Waals surface area contributed by atoms with Gasteiger partial charge in [0.1, 0.15) is 11.6 Å². The zero-order valence-electron chi connectivity index (χ0n) is 13.3. The first-order valence-electron chi connectivity index (χ1n) is 7.65. The van der Waals surface area contributed by atoms with Gasteiger partial charge in [-0.25, -0.2) is 4.39 Å². The molecule has 1 atom stereocenters. The SMILES string of the molecule is CN(CCO)C[C@@H]1COCCN1C(=O)COc1ccc(F)cc1. The molecule has 0 radical (unpaired) electrons. The molecule has 1 aromatic rings. The zero-order chi connectivity index (χ0) is 16.7. The van der Waals surface area contributed by atoms with Gasteiger partial charge in [-0.3, -0.25) is 4.79 Å². The molecule has 7 heteroatoms. The molecule has 1 N–H and O–H groups in total. The predicted octanol–water partition coefficient (Wildman–Crippen LogP) is 0.356. The molecule has 6 nitrogen and oxygen atoms in total. The summed E-state index contributed by atoms with van der Waals surface area (Å²) in [6, 6.07) is 5.51. The molecule has 128 valence electrons. The van der Waals surface area contributed by atoms with E-state index in [0.29, 0.717) is 38.6 Å². The maximum Gasteiger partial charge on any atom is 0.260 e. The van der Waals surface area contributed by atoms with Crippen LogP contribution in [0, 0.1) is 5.82 Å². The summed E-state index contributed by atoms with van der Waals surface area (Å²) in [5.41, 5.74) is 0. The normalized spacial score (nSPS) is 18.3. The van der Waals surface area contributed by atoms with Gasteiger partial charge >= 0.3 is 0 Å². The Morgan fingerprint density at radius 1 is 1.48 bits per heavy atom. The quantitative estimate of drug-likeness (QED) is 0.784. The van der Waals surface area contributed by atoms with E-state index in [9.17, 15) is 9.18 Å². The van der Waals surface area contributed by atoms with E-state index in [4.69, 9.17) is 14.6 Å². The summed E-state index contributed by atoms with van der Waals surface area (Å²) in [6.45, 7) is 2.65. The number of amides is 1. The Hall–Kier alpha value is -1.70. The Bertz CT molecular complexity index is 497. The minimum atomic E-state index is -0.344. The van der Waals surface area contributed by atoms with E-state index in [-0.39, 0.29) is 31.0 Å². The van der Waals surface area contributed by atoms with Crippen LogP contribution in [0.5, 0.6) is 5.75 Å². The number of likely N-dealkylation sites (N-methyl/N-ethyl adjacent to an activating group) is 1. The first kappa shape index (κ1) is 17.7. The van der Waals surface area contributed by atoms with E-state index in [1.807, 2.05) is 11.9 Å². The summed E-state index contributed by atoms with van der Waals surface area (Å²) in [7, 11) is 1.89. The van der Waals surface area contributed by atoms with E-state index in [2.05, 4.69) is 0 Å². The van der Waals surface area contributed by atoms with E-state index >= 15 is 0 Å². The number of nitrogens with zero attached hydrogens (tertiary/aromatic N) is 2. The highest BCUT2D eigenvalue weighted by atomic mass is 19.1. The van der Waals surface area contributed by atoms with Crippen LogP contribution >= 0.6 is 0 Å². The van der Waals surface area contributed by atoms with Gasteiger partial charge in [-0.2, -0.15) is 0 Å². The van der Waals surface area contributed by atoms with Crippen LogP contribution in [-0.2, 0) is 9.53 Å². The van der Waals surface area contributed by atoms with Crippen LogP contribution in [0.15, 0.2) is 24.3 Å². The van der Waals surface area contributed by atoms with E-state index < -0.39 is 0 Å². The monoisotopic (exact) mass is 326 g/mol. The highest BCUT2D eigenvalue weighted by Gasteiger charge is 2.28. The standard InChI is InChI=1S/C16H23FN2O4/c1-18(6-8-20)10-14-11-22-9-7-19(14)16(21)12-23-15-4-2-13(17)3-5-15/h2-5,14,20H,6-12H2,1H3/t14-/m1/s1. The molecule has 0 aromatic heterocycles. The lowest BCUT2D eigenvalue weighted by Gasteiger charge is -2.37. The number of rotatable bonds is 7. The number of ether oxygens (including phenoxy) is 2. The fourth-order valence-corrected chi connectivity index (χ4v) is 2.51. The second-order valence-corrected chi connectivity index (χ2v) is 5.54. The van der Waals surface area contributed by atoms with Gasteiger partial charge < -0.3 is 24.4 Å². The molecule has 1 heterocycles. The van der Waals surface area contributed by atoms with Gasteiger partial charge in [0, 0.05) is 19.6 Å². The van der Waals surface area contributed by atoms with Crippen molar-refractivity contribution in [2.45, 2.75) is 6.04 Å². The number of aliphatic hydroxyl groups excluding tert-OH is 1. The molecule has 0 bridgehead atoms. The Labute approximate surface area is 135 Å². The lowest BCUT2D eigenvalue weighted by molar-refractivity contribution is -0.142. The van der Waals surface area contributed by atoms with Gasteiger partial charge in [0.2, 0.25) is 0 Å². The van der Waals surface area contributed by atoms with E-state index in [1.165, 1.54) is 24.3 Å². The van der Waals surface area contributed by atoms with Crippen LogP contribution in [0.3, 0.4) is 0 Å². The highest BCUT2D eigenvalue weighted by Crippen LogP contribution is 2.13. The van der Waals surface area contributed by atoms with E-state index in [1.54, 1.807) is 4.90 Å². The van der Waals surface area contributed by atoms with Crippen molar-refractivity contribution in [3.63, 3.8) is 0 Å². The fraction of sp³-hybridized carbons (Fsp3) is 0.562. The number of halogens is 1. The van der Waals surface area contributed by atoms with Crippen molar-refractivity contribution < 1.29 is 23.8 Å². The van der Waals surface area contributed by atoms with Gasteiger partial charge in [0.05, 0.1) is 25.9 Å². The Balaban J connectivity index is 1.88. The van der Waals surface area contributed by atoms with E-state index in [0.717, 1.165) is 0 Å². The molecule has 1 aliphatic heterocycles. The van der Waals surface area contributed by atoms with Crippen molar-refractivity contribution in [1.82, 2.24) is 9.80 Å². The average Bonchev–Trinajstić information content (AvgIpc) is 2.55. The zero-order valence-corrected chi connectivity index (χ0v) is 13.3. The van der Waals surface area contributed by atoms with Gasteiger partial charge in [0.25, 0.3) is 5.91 Å². The van der Waals surface area contributed by atoms with Crippen LogP contribution in [-0.4, -0.2) is 80.0 Å². The van der Waals surface area contributed by atoms with Crippen molar-refractivity contribution >= 4 is 5.91 Å². The Kier molecular flexibility index (Phi) is 6.76. The maximum atomic E-state index is 12.8. The summed E-state index contributed by atoms with van der Waals surface area (Å²) >= 11 is 0. The number of hydrogen-bond donors (Lipinski definition) is 1. The summed E-state index contributed by atoms with van der Waals surface area (Å²) in [4.78, 5) is 16.1. The molecule has 0 saturated carbocycles. The largest absolute Gasteiger partial charge is 0.484 e. The Morgan fingerprint density at radius 2 is 2.22 bits per heavy atom. The number of morpholine rings is 1. The minimum absolute atomic E-state index is 0.0652. The van der Waals surface area contributed by atoms with Crippen LogP contribution in [0.1, 0.15) is 0 Å². The van der Waals surface area contributed by atoms with Crippen molar-refractivity contribution in [2.75, 3.05) is 53.1 Å². The highest BCUT2D eigenvalue weighted by molar-refractivity contribution is 5.78. The maximum absolute atomic E-state index is 12.8. The molecule has 1 aliphatic rings. The molecule has 0 aliphatic carbocycles. The average molecular weight is 326 g/mol. The number of carbonyl (C=O) groups excluding carboxylic acids is 1. The topological polar surface area (TPSA) is 62.2 Å². The molecule has 23 heavy (non-hydrogen) atoms. The third kappa shape index (κ3) is 5.46. The molecule has 1 fully saturated rings. The third-order valence-corrected chi connectivity index (χ3v) is 3.73. The summed E-state index contributed by atoms with van der Waals surface area (Å²) in [6.07, 6.45) is 0. The van der Waals surface area contributed by atoms with Crippen LogP contribution in [0.25, 0.3) is 0 Å². The molecule has 0 unspecified atom stereocenters. The van der Waals surface area contributed by atoms with Gasteiger partial charge in [0.15, 0.2) is 6.61 Å². The fourth-order valence-electron chi connectivity index (χ4n) is 2.51. The first-order valence-corrected chi connectivity index (χ1v) is 7.65. The number of carbonyl (C=O) groups is 1. The second-order valence-electron chi connectivity index (χ2n) is 5.54. The third-order valence-electron chi connectivity index (χ3n) is 3.73. The molecular formula is C16H23FN2O4. The van der Waals surface area contributed by atoms with Gasteiger partial charge in [-0.15, -0.1) is 0 Å². The van der Waals surface area contributed by atoms with Crippen molar-refractivity contribution in [2.24, 2.45) is 0 Å². The summed E-state index contributed by atoms with van der Waals surface area (Å²) in [5.74, 6) is -0.00850. The lowest BCUT2D eigenvalue weighted by Crippen LogP contribution is -2.54. The smallest absolute Gasteiger partial charge is 0.260 e. The minimum Gasteiger partial charge on any atom is -0.484 e. The summed E-state index contributed by atoms with van der Waals surface area (Å²) < 4.78 is 23.7. The van der Waals surface area contributed by atoms with Crippen molar-refractivity contribution in [3.05, 3.63) is 30.1 Å². The molecule has 1 saturated heterocycles. The lowest BCUT2D eigenvalue weighted by atomic mass is 10.2. The van der Waals surface area contributed by atoms with Crippen LogP contribution in [0.4, 0.5) is 4.39 Å². The molecule has 2 rings (SSSR count). The number of aliphatic hydroxyl groups is 1. The molecule has 1 amide bonds. The van der Waals surface area contributed by atoms with Gasteiger partial charge in [-0.1, -0.05) is 0 Å².